The molecule has 104 valence electrons. The van der Waals surface area contributed by atoms with Gasteiger partial charge in [0.25, 0.3) is 0 Å². The first kappa shape index (κ1) is 13.1. The van der Waals surface area contributed by atoms with Crippen LogP contribution in [0.4, 0.5) is 0 Å². The van der Waals surface area contributed by atoms with Gasteiger partial charge in [-0.05, 0) is 50.2 Å². The van der Waals surface area contributed by atoms with Gasteiger partial charge in [0.15, 0.2) is 0 Å². The molecule has 0 bridgehead atoms. The Balaban J connectivity index is 1.52. The molecule has 19 heavy (non-hydrogen) atoms. The molecule has 2 unspecified atom stereocenters. The number of aryl methyl sites for hydroxylation is 2. The van der Waals surface area contributed by atoms with Gasteiger partial charge in [0, 0.05) is 21.7 Å². The third-order valence-electron chi connectivity index (χ3n) is 4.32. The Morgan fingerprint density at radius 3 is 3.05 bits per heavy atom. The lowest BCUT2D eigenvalue weighted by molar-refractivity contribution is -0.126. The summed E-state index contributed by atoms with van der Waals surface area (Å²) in [6.45, 7) is 0.697. The maximum Gasteiger partial charge on any atom is 0.223 e. The van der Waals surface area contributed by atoms with Gasteiger partial charge in [0.1, 0.15) is 0 Å². The fourth-order valence-electron chi connectivity index (χ4n) is 3.26. The van der Waals surface area contributed by atoms with Gasteiger partial charge in [0.2, 0.25) is 5.91 Å². The Morgan fingerprint density at radius 1 is 1.37 bits per heavy atom. The lowest BCUT2D eigenvalue weighted by Gasteiger charge is -2.25. The molecule has 3 N–H and O–H groups in total. The summed E-state index contributed by atoms with van der Waals surface area (Å²) < 4.78 is 0. The molecule has 0 aromatic carbocycles. The van der Waals surface area contributed by atoms with Crippen LogP contribution in [0.15, 0.2) is 6.07 Å². The van der Waals surface area contributed by atoms with Crippen molar-refractivity contribution in [1.29, 1.82) is 0 Å². The summed E-state index contributed by atoms with van der Waals surface area (Å²) in [4.78, 5) is 15.0. The molecule has 1 aromatic rings. The van der Waals surface area contributed by atoms with Crippen molar-refractivity contribution in [1.82, 2.24) is 5.32 Å². The average Bonchev–Trinajstić information content (AvgIpc) is 2.96. The quantitative estimate of drug-likeness (QED) is 0.892. The molecule has 1 heterocycles. The third-order valence-corrected chi connectivity index (χ3v) is 5.56. The molecular weight excluding hydrogens is 256 g/mol. The molecule has 2 atom stereocenters. The summed E-state index contributed by atoms with van der Waals surface area (Å²) in [6, 6.07) is 2.50. The molecule has 0 saturated heterocycles. The van der Waals surface area contributed by atoms with E-state index in [0.29, 0.717) is 6.54 Å². The second-order valence-corrected chi connectivity index (χ2v) is 7.08. The monoisotopic (exact) mass is 278 g/mol. The first-order chi connectivity index (χ1) is 9.22. The van der Waals surface area contributed by atoms with Crippen LogP contribution in [0.1, 0.15) is 47.4 Å². The molecule has 1 fully saturated rings. The zero-order valence-electron chi connectivity index (χ0n) is 11.3. The number of rotatable bonds is 3. The number of hydrogen-bond acceptors (Lipinski definition) is 3. The Hall–Kier alpha value is -0.870. The van der Waals surface area contributed by atoms with Gasteiger partial charge < -0.3 is 11.1 Å². The fourth-order valence-corrected chi connectivity index (χ4v) is 4.46. The molecule has 3 rings (SSSR count). The summed E-state index contributed by atoms with van der Waals surface area (Å²) in [5.74, 6) is 0.333. The van der Waals surface area contributed by atoms with Gasteiger partial charge in [-0.1, -0.05) is 6.42 Å². The smallest absolute Gasteiger partial charge is 0.223 e. The summed E-state index contributed by atoms with van der Waals surface area (Å²) >= 11 is 1.87. The topological polar surface area (TPSA) is 55.1 Å². The third kappa shape index (κ3) is 3.00. The predicted molar refractivity (Wildman–Crippen MR) is 78.1 cm³/mol. The van der Waals surface area contributed by atoms with E-state index < -0.39 is 0 Å². The van der Waals surface area contributed by atoms with Crippen LogP contribution in [0.25, 0.3) is 0 Å². The minimum atomic E-state index is 0.135. The van der Waals surface area contributed by atoms with Crippen LogP contribution in [-0.2, 0) is 24.2 Å². The van der Waals surface area contributed by atoms with Gasteiger partial charge in [-0.2, -0.15) is 0 Å². The van der Waals surface area contributed by atoms with E-state index in [1.54, 1.807) is 0 Å². The van der Waals surface area contributed by atoms with Crippen LogP contribution in [0.3, 0.4) is 0 Å². The van der Waals surface area contributed by atoms with Crippen LogP contribution in [0, 0.1) is 5.92 Å². The first-order valence-corrected chi connectivity index (χ1v) is 8.18. The number of amides is 1. The summed E-state index contributed by atoms with van der Waals surface area (Å²) in [7, 11) is 0. The van der Waals surface area contributed by atoms with Crippen LogP contribution >= 0.6 is 11.3 Å². The van der Waals surface area contributed by atoms with E-state index in [1.807, 2.05) is 11.3 Å². The Labute approximate surface area is 118 Å². The molecule has 3 nitrogen and oxygen atoms in total. The maximum atomic E-state index is 12.1. The highest BCUT2D eigenvalue weighted by Crippen LogP contribution is 2.30. The van der Waals surface area contributed by atoms with E-state index in [0.717, 1.165) is 25.7 Å². The Bertz CT molecular complexity index is 447. The molecule has 2 aliphatic rings. The van der Waals surface area contributed by atoms with E-state index in [1.165, 1.54) is 34.6 Å². The van der Waals surface area contributed by atoms with Gasteiger partial charge in [-0.15, -0.1) is 11.3 Å². The standard InChI is InChI=1S/C15H22N2OS/c16-12-5-1-4-11(7-12)15(18)17-9-13-8-10-3-2-6-14(10)19-13/h8,11-12H,1-7,9,16H2,(H,17,18). The molecular formula is C15H22N2OS. The van der Waals surface area contributed by atoms with Crippen LogP contribution in [0.5, 0.6) is 0 Å². The zero-order chi connectivity index (χ0) is 13.2. The van der Waals surface area contributed by atoms with Crippen molar-refractivity contribution in [2.24, 2.45) is 11.7 Å². The number of nitrogens with two attached hydrogens (primary N) is 1. The van der Waals surface area contributed by atoms with E-state index >= 15 is 0 Å². The van der Waals surface area contributed by atoms with Gasteiger partial charge >= 0.3 is 0 Å². The van der Waals surface area contributed by atoms with Crippen molar-refractivity contribution in [3.63, 3.8) is 0 Å². The number of thiophene rings is 1. The van der Waals surface area contributed by atoms with E-state index in [-0.39, 0.29) is 17.9 Å². The maximum absolute atomic E-state index is 12.1. The van der Waals surface area contributed by atoms with E-state index in [4.69, 9.17) is 5.73 Å². The lowest BCUT2D eigenvalue weighted by atomic mass is 9.85. The second kappa shape index (κ2) is 5.63. The van der Waals surface area contributed by atoms with Gasteiger partial charge in [-0.3, -0.25) is 4.79 Å². The number of carbonyl (C=O) groups is 1. The number of fused-ring (bicyclic) bond motifs is 1. The zero-order valence-corrected chi connectivity index (χ0v) is 12.1. The molecule has 0 radical (unpaired) electrons. The summed E-state index contributed by atoms with van der Waals surface area (Å²) in [5, 5.41) is 3.09. The van der Waals surface area contributed by atoms with Crippen molar-refractivity contribution >= 4 is 17.2 Å². The predicted octanol–water partition coefficient (Wildman–Crippen LogP) is 2.37. The molecule has 1 amide bonds. The fraction of sp³-hybridized carbons (Fsp3) is 0.667. The largest absolute Gasteiger partial charge is 0.351 e. The molecule has 2 aliphatic carbocycles. The van der Waals surface area contributed by atoms with E-state index in [9.17, 15) is 4.79 Å². The van der Waals surface area contributed by atoms with Crippen molar-refractivity contribution in [2.45, 2.75) is 57.5 Å². The normalized spacial score (nSPS) is 26.2. The molecule has 1 saturated carbocycles. The van der Waals surface area contributed by atoms with Crippen molar-refractivity contribution in [3.05, 3.63) is 21.4 Å². The minimum Gasteiger partial charge on any atom is -0.351 e. The molecule has 1 aromatic heterocycles. The second-order valence-electron chi connectivity index (χ2n) is 5.86. The van der Waals surface area contributed by atoms with Gasteiger partial charge in [0.05, 0.1) is 6.54 Å². The lowest BCUT2D eigenvalue weighted by Crippen LogP contribution is -2.37. The van der Waals surface area contributed by atoms with Crippen molar-refractivity contribution in [2.75, 3.05) is 0 Å². The van der Waals surface area contributed by atoms with E-state index in [2.05, 4.69) is 11.4 Å². The number of carbonyl (C=O) groups excluding carboxylic acids is 1. The first-order valence-electron chi connectivity index (χ1n) is 7.36. The molecule has 4 heteroatoms. The van der Waals surface area contributed by atoms with Crippen LogP contribution in [0.2, 0.25) is 0 Å². The Morgan fingerprint density at radius 2 is 2.26 bits per heavy atom. The summed E-state index contributed by atoms with van der Waals surface area (Å²) in [6.07, 6.45) is 7.76. The molecule has 0 spiro atoms. The molecule has 0 aliphatic heterocycles. The van der Waals surface area contributed by atoms with Gasteiger partial charge in [-0.25, -0.2) is 0 Å². The number of nitrogens with one attached hydrogen (secondary N) is 1. The van der Waals surface area contributed by atoms with Crippen LogP contribution < -0.4 is 11.1 Å². The van der Waals surface area contributed by atoms with Crippen LogP contribution in [-0.4, -0.2) is 11.9 Å². The average molecular weight is 278 g/mol. The van der Waals surface area contributed by atoms with Crippen molar-refractivity contribution < 1.29 is 4.79 Å². The SMILES string of the molecule is NC1CCCC(C(=O)NCc2cc3c(s2)CCC3)C1. The minimum absolute atomic E-state index is 0.135. The highest BCUT2D eigenvalue weighted by molar-refractivity contribution is 7.12. The van der Waals surface area contributed by atoms with Crippen molar-refractivity contribution in [3.8, 4) is 0 Å². The summed E-state index contributed by atoms with van der Waals surface area (Å²) in [5.41, 5.74) is 7.45. The highest BCUT2D eigenvalue weighted by atomic mass is 32.1. The highest BCUT2D eigenvalue weighted by Gasteiger charge is 2.25. The Kier molecular flexibility index (Phi) is 3.89. The number of hydrogen-bond donors (Lipinski definition) is 2.